The predicted octanol–water partition coefficient (Wildman–Crippen LogP) is 6.89. The summed E-state index contributed by atoms with van der Waals surface area (Å²) in [5.41, 5.74) is -1.64. The maximum absolute atomic E-state index is 14.0. The molecule has 0 aliphatic heterocycles. The lowest BCUT2D eigenvalue weighted by atomic mass is 9.43. The van der Waals surface area contributed by atoms with Crippen LogP contribution in [0.5, 0.6) is 0 Å². The smallest absolute Gasteiger partial charge is 0.382 e. The molecule has 10 atom stereocenters. The number of fused-ring (bicyclic) bond motifs is 5. The molecule has 4 saturated carbocycles. The Bertz CT molecular complexity index is 699. The van der Waals surface area contributed by atoms with Crippen molar-refractivity contribution in [1.29, 1.82) is 0 Å². The van der Waals surface area contributed by atoms with Gasteiger partial charge in [0.25, 0.3) is 0 Å². The summed E-state index contributed by atoms with van der Waals surface area (Å²) in [6, 6.07) is 0. The molecular weight excluding hydrogens is 429 g/mol. The third-order valence-electron chi connectivity index (χ3n) is 11.5. The van der Waals surface area contributed by atoms with Gasteiger partial charge in [-0.1, -0.05) is 20.8 Å². The molecule has 3 nitrogen and oxygen atoms in total. The first-order valence-corrected chi connectivity index (χ1v) is 13.1. The number of alkyl halides is 3. The average molecular weight is 475 g/mol. The van der Waals surface area contributed by atoms with Crippen molar-refractivity contribution in [2.75, 3.05) is 27.9 Å². The van der Waals surface area contributed by atoms with E-state index < -0.39 is 11.8 Å². The molecule has 0 aromatic heterocycles. The monoisotopic (exact) mass is 474 g/mol. The van der Waals surface area contributed by atoms with Gasteiger partial charge in [-0.05, 0) is 104 Å². The molecule has 0 N–H and O–H groups in total. The number of rotatable bonds is 6. The van der Waals surface area contributed by atoms with Gasteiger partial charge in [0.15, 0.2) is 5.60 Å². The largest absolute Gasteiger partial charge is 0.417 e. The fourth-order valence-corrected chi connectivity index (χ4v) is 9.55. The molecule has 192 valence electrons. The standard InChI is InChI=1S/C27H45F3O3/c1-17(23(32-5)16-31-4)20-9-10-21-19-8-7-18-15-26(33-6,27(28,29)30)14-13-24(18,2)22(19)11-12-25(20,21)3/h17-23H,7-16H2,1-6H3/t17-,18+,19-,20+,21-,22-,23+,24-,25+,26+/m0/s1. The van der Waals surface area contributed by atoms with Gasteiger partial charge in [0.2, 0.25) is 0 Å². The van der Waals surface area contributed by atoms with Gasteiger partial charge in [-0.2, -0.15) is 13.2 Å². The molecule has 33 heavy (non-hydrogen) atoms. The highest BCUT2D eigenvalue weighted by atomic mass is 19.4. The van der Waals surface area contributed by atoms with Crippen LogP contribution in [0.2, 0.25) is 0 Å². The fourth-order valence-electron chi connectivity index (χ4n) is 9.55. The van der Waals surface area contributed by atoms with Crippen molar-refractivity contribution in [1.82, 2.24) is 0 Å². The summed E-state index contributed by atoms with van der Waals surface area (Å²) < 4.78 is 58.3. The number of halogens is 3. The highest BCUT2D eigenvalue weighted by Gasteiger charge is 2.66. The highest BCUT2D eigenvalue weighted by Crippen LogP contribution is 2.69. The van der Waals surface area contributed by atoms with Gasteiger partial charge in [-0.15, -0.1) is 0 Å². The first-order chi connectivity index (χ1) is 15.5. The van der Waals surface area contributed by atoms with Crippen molar-refractivity contribution in [3.8, 4) is 0 Å². The first-order valence-electron chi connectivity index (χ1n) is 13.1. The second-order valence-corrected chi connectivity index (χ2v) is 12.4. The molecule has 0 amide bonds. The summed E-state index contributed by atoms with van der Waals surface area (Å²) in [4.78, 5) is 0. The Hall–Kier alpha value is -0.330. The molecule has 0 saturated heterocycles. The van der Waals surface area contributed by atoms with Crippen LogP contribution in [0.25, 0.3) is 0 Å². The second-order valence-electron chi connectivity index (χ2n) is 12.4. The van der Waals surface area contributed by atoms with Crippen LogP contribution in [0.1, 0.15) is 78.6 Å². The predicted molar refractivity (Wildman–Crippen MR) is 123 cm³/mol. The van der Waals surface area contributed by atoms with Gasteiger partial charge in [0, 0.05) is 21.3 Å². The number of methoxy groups -OCH3 is 3. The van der Waals surface area contributed by atoms with Crippen LogP contribution >= 0.6 is 0 Å². The third-order valence-corrected chi connectivity index (χ3v) is 11.5. The van der Waals surface area contributed by atoms with Gasteiger partial charge in [-0.3, -0.25) is 0 Å². The zero-order chi connectivity index (χ0) is 24.2. The maximum atomic E-state index is 14.0. The van der Waals surface area contributed by atoms with Crippen LogP contribution in [0, 0.1) is 46.3 Å². The molecule has 4 fully saturated rings. The molecule has 4 aliphatic carbocycles. The van der Waals surface area contributed by atoms with Crippen LogP contribution in [-0.4, -0.2) is 45.8 Å². The summed E-state index contributed by atoms with van der Waals surface area (Å²) in [6.45, 7) is 7.79. The van der Waals surface area contributed by atoms with Gasteiger partial charge in [-0.25, -0.2) is 0 Å². The van der Waals surface area contributed by atoms with Gasteiger partial charge in [0.1, 0.15) is 0 Å². The molecule has 4 aliphatic rings. The summed E-state index contributed by atoms with van der Waals surface area (Å²) in [5, 5.41) is 0. The quantitative estimate of drug-likeness (QED) is 0.419. The van der Waals surface area contributed by atoms with E-state index in [1.807, 2.05) is 0 Å². The van der Waals surface area contributed by atoms with E-state index in [1.165, 1.54) is 26.4 Å². The van der Waals surface area contributed by atoms with E-state index in [2.05, 4.69) is 20.8 Å². The zero-order valence-corrected chi connectivity index (χ0v) is 21.5. The highest BCUT2D eigenvalue weighted by molar-refractivity contribution is 5.12. The minimum absolute atomic E-state index is 0.00629. The van der Waals surface area contributed by atoms with Crippen LogP contribution in [-0.2, 0) is 14.2 Å². The Morgan fingerprint density at radius 3 is 2.18 bits per heavy atom. The molecule has 0 heterocycles. The minimum atomic E-state index is -4.29. The molecule has 0 bridgehead atoms. The van der Waals surface area contributed by atoms with E-state index in [0.717, 1.165) is 19.3 Å². The number of hydrogen-bond donors (Lipinski definition) is 0. The van der Waals surface area contributed by atoms with Crippen molar-refractivity contribution < 1.29 is 27.4 Å². The fraction of sp³-hybridized carbons (Fsp3) is 1.00. The third kappa shape index (κ3) is 3.89. The average Bonchev–Trinajstić information content (AvgIpc) is 3.13. The zero-order valence-electron chi connectivity index (χ0n) is 21.5. The van der Waals surface area contributed by atoms with Crippen molar-refractivity contribution in [2.24, 2.45) is 46.3 Å². The SMILES string of the molecule is COC[C@@H](OC)[C@@H](C)[C@H]1CC[C@H]2[C@@H]3CC[C@@H]4C[C@@](OC)(C(F)(F)F)CC[C@]4(C)[C@H]3CC[C@]12C. The molecule has 0 radical (unpaired) electrons. The lowest BCUT2D eigenvalue weighted by Crippen LogP contribution is -2.59. The van der Waals surface area contributed by atoms with Crippen molar-refractivity contribution in [3.63, 3.8) is 0 Å². The number of ether oxygens (including phenoxy) is 3. The Morgan fingerprint density at radius 1 is 0.879 bits per heavy atom. The summed E-state index contributed by atoms with van der Waals surface area (Å²) in [6.07, 6.45) is 3.52. The van der Waals surface area contributed by atoms with Crippen LogP contribution < -0.4 is 0 Å². The lowest BCUT2D eigenvalue weighted by molar-refractivity contribution is -0.299. The summed E-state index contributed by atoms with van der Waals surface area (Å²) in [5.74, 6) is 3.03. The molecule has 4 rings (SSSR count). The molecule has 0 aromatic carbocycles. The molecule has 0 unspecified atom stereocenters. The summed E-state index contributed by atoms with van der Waals surface area (Å²) in [7, 11) is 4.78. The topological polar surface area (TPSA) is 27.7 Å². The van der Waals surface area contributed by atoms with Crippen LogP contribution in [0.4, 0.5) is 13.2 Å². The maximum Gasteiger partial charge on any atom is 0.417 e. The van der Waals surface area contributed by atoms with Crippen molar-refractivity contribution >= 4 is 0 Å². The Labute approximate surface area is 198 Å². The Morgan fingerprint density at radius 2 is 1.58 bits per heavy atom. The minimum Gasteiger partial charge on any atom is -0.382 e. The van der Waals surface area contributed by atoms with Crippen molar-refractivity contribution in [2.45, 2.75) is 96.4 Å². The van der Waals surface area contributed by atoms with E-state index in [4.69, 9.17) is 14.2 Å². The number of hydrogen-bond acceptors (Lipinski definition) is 3. The first kappa shape index (κ1) is 25.8. The van der Waals surface area contributed by atoms with Gasteiger partial charge < -0.3 is 14.2 Å². The van der Waals surface area contributed by atoms with E-state index in [9.17, 15) is 13.2 Å². The molecule has 6 heteroatoms. The molecule has 0 aromatic rings. The summed E-state index contributed by atoms with van der Waals surface area (Å²) >= 11 is 0. The van der Waals surface area contributed by atoms with Crippen molar-refractivity contribution in [3.05, 3.63) is 0 Å². The van der Waals surface area contributed by atoms with E-state index in [0.29, 0.717) is 48.0 Å². The Balaban J connectivity index is 1.54. The second kappa shape index (κ2) is 8.96. The Kier molecular flexibility index (Phi) is 6.99. The molecule has 0 spiro atoms. The van der Waals surface area contributed by atoms with E-state index in [-0.39, 0.29) is 30.3 Å². The normalized spacial score (nSPS) is 47.4. The van der Waals surface area contributed by atoms with E-state index >= 15 is 0 Å². The molecular formula is C27H45F3O3. The van der Waals surface area contributed by atoms with Crippen LogP contribution in [0.3, 0.4) is 0 Å². The lowest BCUT2D eigenvalue weighted by Gasteiger charge is -2.62. The van der Waals surface area contributed by atoms with E-state index in [1.54, 1.807) is 14.2 Å². The van der Waals surface area contributed by atoms with Gasteiger partial charge in [0.05, 0.1) is 12.7 Å². The van der Waals surface area contributed by atoms with Gasteiger partial charge >= 0.3 is 6.18 Å². The van der Waals surface area contributed by atoms with Crippen LogP contribution in [0.15, 0.2) is 0 Å².